The lowest BCUT2D eigenvalue weighted by atomic mass is 9.78. The van der Waals surface area contributed by atoms with E-state index in [0.29, 0.717) is 17.6 Å². The molecule has 0 spiro atoms. The van der Waals surface area contributed by atoms with Crippen LogP contribution in [-0.4, -0.2) is 11.9 Å². The standard InChI is InChI=1S/C19H23NO2/c1-13-7-6-10-16(14(13)2)20-19(21)18-12-11-17(22-18)15-8-4-3-5-9-15/h3-5,8-9,11-14,16H,6-7,10H2,1-2H3,(H,20,21)/t13-,14+,16+/m1/s1. The number of benzene rings is 1. The summed E-state index contributed by atoms with van der Waals surface area (Å²) >= 11 is 0. The third kappa shape index (κ3) is 3.08. The van der Waals surface area contributed by atoms with Gasteiger partial charge in [0.25, 0.3) is 5.91 Å². The number of carbonyl (C=O) groups is 1. The molecule has 3 nitrogen and oxygen atoms in total. The van der Waals surface area contributed by atoms with Crippen molar-refractivity contribution >= 4 is 5.91 Å². The minimum absolute atomic E-state index is 0.104. The molecule has 0 aliphatic heterocycles. The smallest absolute Gasteiger partial charge is 0.287 e. The Labute approximate surface area is 131 Å². The van der Waals surface area contributed by atoms with E-state index in [9.17, 15) is 4.79 Å². The van der Waals surface area contributed by atoms with Crippen LogP contribution in [0.25, 0.3) is 11.3 Å². The van der Waals surface area contributed by atoms with Gasteiger partial charge in [-0.05, 0) is 30.4 Å². The van der Waals surface area contributed by atoms with Gasteiger partial charge in [-0.25, -0.2) is 0 Å². The fourth-order valence-corrected chi connectivity index (χ4v) is 3.24. The zero-order chi connectivity index (χ0) is 15.5. The van der Waals surface area contributed by atoms with Gasteiger partial charge < -0.3 is 9.73 Å². The van der Waals surface area contributed by atoms with E-state index in [4.69, 9.17) is 4.42 Å². The van der Waals surface area contributed by atoms with Crippen molar-refractivity contribution in [3.63, 3.8) is 0 Å². The van der Waals surface area contributed by atoms with Crippen molar-refractivity contribution in [2.45, 2.75) is 39.2 Å². The second kappa shape index (κ2) is 6.39. The molecule has 1 N–H and O–H groups in total. The highest BCUT2D eigenvalue weighted by atomic mass is 16.3. The first-order valence-corrected chi connectivity index (χ1v) is 8.11. The first-order valence-electron chi connectivity index (χ1n) is 8.11. The van der Waals surface area contributed by atoms with Crippen molar-refractivity contribution in [1.82, 2.24) is 5.32 Å². The van der Waals surface area contributed by atoms with Crippen molar-refractivity contribution in [2.75, 3.05) is 0 Å². The average Bonchev–Trinajstić information content (AvgIpc) is 3.03. The van der Waals surface area contributed by atoms with Crippen molar-refractivity contribution in [1.29, 1.82) is 0 Å². The molecule has 1 aromatic heterocycles. The zero-order valence-corrected chi connectivity index (χ0v) is 13.2. The Bertz CT molecular complexity index is 632. The van der Waals surface area contributed by atoms with Crippen LogP contribution >= 0.6 is 0 Å². The molecule has 1 aliphatic carbocycles. The highest BCUT2D eigenvalue weighted by molar-refractivity contribution is 5.92. The lowest BCUT2D eigenvalue weighted by Gasteiger charge is -2.34. The van der Waals surface area contributed by atoms with Gasteiger partial charge in [-0.15, -0.1) is 0 Å². The van der Waals surface area contributed by atoms with Crippen molar-refractivity contribution in [3.8, 4) is 11.3 Å². The summed E-state index contributed by atoms with van der Waals surface area (Å²) in [5.41, 5.74) is 0.987. The lowest BCUT2D eigenvalue weighted by molar-refractivity contribution is 0.0864. The second-order valence-corrected chi connectivity index (χ2v) is 6.38. The van der Waals surface area contributed by atoms with Gasteiger partial charge in [-0.3, -0.25) is 4.79 Å². The number of rotatable bonds is 3. The number of amides is 1. The summed E-state index contributed by atoms with van der Waals surface area (Å²) in [4.78, 5) is 12.4. The molecule has 0 unspecified atom stereocenters. The molecule has 1 heterocycles. The number of hydrogen-bond acceptors (Lipinski definition) is 2. The molecule has 22 heavy (non-hydrogen) atoms. The van der Waals surface area contributed by atoms with Crippen LogP contribution in [0.15, 0.2) is 46.9 Å². The van der Waals surface area contributed by atoms with Crippen LogP contribution in [0.4, 0.5) is 0 Å². The molecule has 3 heteroatoms. The van der Waals surface area contributed by atoms with E-state index in [1.54, 1.807) is 6.07 Å². The molecule has 0 saturated heterocycles. The minimum atomic E-state index is -0.104. The maximum absolute atomic E-state index is 12.4. The van der Waals surface area contributed by atoms with Gasteiger partial charge in [-0.2, -0.15) is 0 Å². The average molecular weight is 297 g/mol. The Balaban J connectivity index is 1.69. The monoisotopic (exact) mass is 297 g/mol. The predicted octanol–water partition coefficient (Wildman–Crippen LogP) is 4.50. The van der Waals surface area contributed by atoms with Crippen LogP contribution in [0.2, 0.25) is 0 Å². The van der Waals surface area contributed by atoms with E-state index in [0.717, 1.165) is 17.7 Å². The molecule has 2 aromatic rings. The SMILES string of the molecule is C[C@H]1[C@H](C)CCC[C@@H]1NC(=O)c1ccc(-c2ccccc2)o1. The molecule has 3 atom stereocenters. The molecule has 1 fully saturated rings. The molecule has 1 saturated carbocycles. The van der Waals surface area contributed by atoms with Gasteiger partial charge in [0, 0.05) is 11.6 Å². The second-order valence-electron chi connectivity index (χ2n) is 6.38. The van der Waals surface area contributed by atoms with E-state index >= 15 is 0 Å². The maximum Gasteiger partial charge on any atom is 0.287 e. The van der Waals surface area contributed by atoms with Gasteiger partial charge in [0.15, 0.2) is 5.76 Å². The number of hydrogen-bond donors (Lipinski definition) is 1. The minimum Gasteiger partial charge on any atom is -0.451 e. The Morgan fingerprint density at radius 2 is 1.86 bits per heavy atom. The summed E-state index contributed by atoms with van der Waals surface area (Å²) in [6.07, 6.45) is 3.50. The Morgan fingerprint density at radius 1 is 1.09 bits per heavy atom. The third-order valence-electron chi connectivity index (χ3n) is 4.91. The van der Waals surface area contributed by atoms with E-state index in [1.807, 2.05) is 36.4 Å². The van der Waals surface area contributed by atoms with Gasteiger partial charge in [0.2, 0.25) is 0 Å². The van der Waals surface area contributed by atoms with Crippen molar-refractivity contribution in [3.05, 3.63) is 48.2 Å². The summed E-state index contributed by atoms with van der Waals surface area (Å²) in [6.45, 7) is 4.50. The zero-order valence-electron chi connectivity index (χ0n) is 13.2. The summed E-state index contributed by atoms with van der Waals surface area (Å²) in [5.74, 6) is 2.20. The normalized spacial score (nSPS) is 24.9. The van der Waals surface area contributed by atoms with Gasteiger partial charge >= 0.3 is 0 Å². The van der Waals surface area contributed by atoms with Crippen molar-refractivity contribution in [2.24, 2.45) is 11.8 Å². The van der Waals surface area contributed by atoms with E-state index in [-0.39, 0.29) is 11.9 Å². The lowest BCUT2D eigenvalue weighted by Crippen LogP contribution is -2.43. The summed E-state index contributed by atoms with van der Waals surface area (Å²) in [5, 5.41) is 3.15. The topological polar surface area (TPSA) is 42.2 Å². The first-order chi connectivity index (χ1) is 10.6. The van der Waals surface area contributed by atoms with Crippen LogP contribution in [0.1, 0.15) is 43.7 Å². The Morgan fingerprint density at radius 3 is 2.64 bits per heavy atom. The van der Waals surface area contributed by atoms with Gasteiger partial charge in [0.05, 0.1) is 0 Å². The molecular formula is C19H23NO2. The van der Waals surface area contributed by atoms with Crippen LogP contribution in [-0.2, 0) is 0 Å². The quantitative estimate of drug-likeness (QED) is 0.906. The Hall–Kier alpha value is -2.03. The first kappa shape index (κ1) is 14.9. The molecule has 0 bridgehead atoms. The molecule has 1 aliphatic rings. The number of nitrogens with one attached hydrogen (secondary N) is 1. The van der Waals surface area contributed by atoms with Gasteiger partial charge in [-0.1, -0.05) is 57.0 Å². The fourth-order valence-electron chi connectivity index (χ4n) is 3.24. The van der Waals surface area contributed by atoms with Crippen LogP contribution in [0.5, 0.6) is 0 Å². The molecular weight excluding hydrogens is 274 g/mol. The summed E-state index contributed by atoms with van der Waals surface area (Å²) < 4.78 is 5.72. The fraction of sp³-hybridized carbons (Fsp3) is 0.421. The van der Waals surface area contributed by atoms with E-state index in [1.165, 1.54) is 12.8 Å². The van der Waals surface area contributed by atoms with Crippen LogP contribution in [0.3, 0.4) is 0 Å². The van der Waals surface area contributed by atoms with E-state index < -0.39 is 0 Å². The molecule has 116 valence electrons. The summed E-state index contributed by atoms with van der Waals surface area (Å²) in [7, 11) is 0. The Kier molecular flexibility index (Phi) is 4.32. The predicted molar refractivity (Wildman–Crippen MR) is 87.6 cm³/mol. The van der Waals surface area contributed by atoms with Gasteiger partial charge in [0.1, 0.15) is 5.76 Å². The van der Waals surface area contributed by atoms with Crippen LogP contribution in [0, 0.1) is 11.8 Å². The number of carbonyl (C=O) groups excluding carboxylic acids is 1. The van der Waals surface area contributed by atoms with Crippen LogP contribution < -0.4 is 5.32 Å². The molecule has 3 rings (SSSR count). The molecule has 0 radical (unpaired) electrons. The largest absolute Gasteiger partial charge is 0.451 e. The highest BCUT2D eigenvalue weighted by Gasteiger charge is 2.29. The maximum atomic E-state index is 12.4. The molecule has 1 aromatic carbocycles. The highest BCUT2D eigenvalue weighted by Crippen LogP contribution is 2.30. The summed E-state index contributed by atoms with van der Waals surface area (Å²) in [6, 6.07) is 13.7. The van der Waals surface area contributed by atoms with Crippen molar-refractivity contribution < 1.29 is 9.21 Å². The third-order valence-corrected chi connectivity index (χ3v) is 4.91. The number of furan rings is 1. The molecule has 1 amide bonds. The van der Waals surface area contributed by atoms with E-state index in [2.05, 4.69) is 19.2 Å².